The number of hydrogen-bond donors (Lipinski definition) is 0. The van der Waals surface area contributed by atoms with Gasteiger partial charge in [-0.15, -0.1) is 0 Å². The van der Waals surface area contributed by atoms with E-state index >= 15 is 0 Å². The number of allylic oxidation sites excluding steroid dienone is 1. The van der Waals surface area contributed by atoms with Crippen molar-refractivity contribution in [3.8, 4) is 0 Å². The minimum absolute atomic E-state index is 0.705. The fraction of sp³-hybridized carbons (Fsp3) is 0.818. The molecule has 0 bridgehead atoms. The summed E-state index contributed by atoms with van der Waals surface area (Å²) in [5.74, 6) is 2.75. The molecule has 1 aliphatic heterocycles. The monoisotopic (exact) mass is 165 g/mol. The van der Waals surface area contributed by atoms with Crippen molar-refractivity contribution in [2.45, 2.75) is 26.3 Å². The van der Waals surface area contributed by atoms with E-state index in [9.17, 15) is 0 Å². The highest BCUT2D eigenvalue weighted by molar-refractivity contribution is 5.11. The summed E-state index contributed by atoms with van der Waals surface area (Å²) in [6.45, 7) is 5.82. The van der Waals surface area contributed by atoms with E-state index in [4.69, 9.17) is 0 Å². The van der Waals surface area contributed by atoms with Gasteiger partial charge >= 0.3 is 0 Å². The normalized spacial score (nSPS) is 41.2. The highest BCUT2D eigenvalue weighted by Crippen LogP contribution is 2.49. The van der Waals surface area contributed by atoms with Crippen LogP contribution in [0.5, 0.6) is 0 Å². The molecule has 2 rings (SSSR count). The lowest BCUT2D eigenvalue weighted by atomic mass is 10.1. The lowest BCUT2D eigenvalue weighted by Crippen LogP contribution is -2.27. The summed E-state index contributed by atoms with van der Waals surface area (Å²) in [4.78, 5) is 2.50. The average Bonchev–Trinajstić information content (AvgIpc) is 2.62. The molecular formula is C11H19N. The Balaban J connectivity index is 1.94. The molecule has 68 valence electrons. The summed E-state index contributed by atoms with van der Waals surface area (Å²) in [6, 6.07) is 0.761. The number of fused-ring (bicyclic) bond motifs is 1. The first-order valence-electron chi connectivity index (χ1n) is 5.07. The summed E-state index contributed by atoms with van der Waals surface area (Å²) in [7, 11) is 2.25. The van der Waals surface area contributed by atoms with E-state index in [1.807, 2.05) is 0 Å². The van der Waals surface area contributed by atoms with Crippen LogP contribution in [0.3, 0.4) is 0 Å². The molecule has 0 aromatic heterocycles. The molecule has 0 aromatic rings. The van der Waals surface area contributed by atoms with E-state index in [1.54, 1.807) is 0 Å². The molecule has 1 saturated heterocycles. The SMILES string of the molecule is CC(C)/C=C/C1C2CC2CN1C. The maximum absolute atomic E-state index is 2.50. The fourth-order valence-corrected chi connectivity index (χ4v) is 2.34. The lowest BCUT2D eigenvalue weighted by molar-refractivity contribution is 0.312. The number of likely N-dealkylation sites (N-methyl/N-ethyl adjacent to an activating group) is 1. The minimum atomic E-state index is 0.705. The smallest absolute Gasteiger partial charge is 0.0306 e. The van der Waals surface area contributed by atoms with Crippen LogP contribution < -0.4 is 0 Å². The molecule has 1 saturated carbocycles. The quantitative estimate of drug-likeness (QED) is 0.567. The van der Waals surface area contributed by atoms with Crippen molar-refractivity contribution >= 4 is 0 Å². The molecule has 1 nitrogen and oxygen atoms in total. The molecule has 0 N–H and O–H groups in total. The molecule has 3 atom stereocenters. The van der Waals surface area contributed by atoms with Crippen LogP contribution in [0.4, 0.5) is 0 Å². The van der Waals surface area contributed by atoms with E-state index < -0.39 is 0 Å². The third-order valence-electron chi connectivity index (χ3n) is 3.14. The number of hydrogen-bond acceptors (Lipinski definition) is 1. The third kappa shape index (κ3) is 1.42. The Morgan fingerprint density at radius 1 is 1.42 bits per heavy atom. The van der Waals surface area contributed by atoms with E-state index in [-0.39, 0.29) is 0 Å². The Bertz CT molecular complexity index is 193. The van der Waals surface area contributed by atoms with Crippen molar-refractivity contribution in [2.75, 3.05) is 13.6 Å². The fourth-order valence-electron chi connectivity index (χ4n) is 2.34. The van der Waals surface area contributed by atoms with Gasteiger partial charge < -0.3 is 0 Å². The molecular weight excluding hydrogens is 146 g/mol. The molecule has 2 fully saturated rings. The summed E-state index contributed by atoms with van der Waals surface area (Å²) >= 11 is 0. The van der Waals surface area contributed by atoms with Crippen LogP contribution in [0.1, 0.15) is 20.3 Å². The van der Waals surface area contributed by atoms with Gasteiger partial charge in [-0.2, -0.15) is 0 Å². The predicted octanol–water partition coefficient (Wildman–Crippen LogP) is 2.15. The van der Waals surface area contributed by atoms with Crippen molar-refractivity contribution in [3.63, 3.8) is 0 Å². The molecule has 2 aliphatic rings. The van der Waals surface area contributed by atoms with Gasteiger partial charge in [-0.3, -0.25) is 4.90 Å². The zero-order chi connectivity index (χ0) is 8.72. The standard InChI is InChI=1S/C11H19N/c1-8(2)4-5-11-10-6-9(10)7-12(11)3/h4-5,8-11H,6-7H2,1-3H3/b5-4+. The second-order valence-corrected chi connectivity index (χ2v) is 4.72. The molecule has 0 aromatic carbocycles. The number of nitrogens with zero attached hydrogens (tertiary/aromatic N) is 1. The van der Waals surface area contributed by atoms with Gasteiger partial charge in [0.1, 0.15) is 0 Å². The predicted molar refractivity (Wildman–Crippen MR) is 52.0 cm³/mol. The Kier molecular flexibility index (Phi) is 1.99. The van der Waals surface area contributed by atoms with Gasteiger partial charge in [0.25, 0.3) is 0 Å². The van der Waals surface area contributed by atoms with E-state index in [0.29, 0.717) is 5.92 Å². The van der Waals surface area contributed by atoms with Crippen molar-refractivity contribution < 1.29 is 0 Å². The highest BCUT2D eigenvalue weighted by Gasteiger charge is 2.49. The van der Waals surface area contributed by atoms with Gasteiger partial charge in [-0.05, 0) is 31.2 Å². The number of piperidine rings is 1. The molecule has 1 aliphatic carbocycles. The van der Waals surface area contributed by atoms with Crippen LogP contribution in [0.15, 0.2) is 12.2 Å². The van der Waals surface area contributed by atoms with Gasteiger partial charge in [0.15, 0.2) is 0 Å². The van der Waals surface area contributed by atoms with E-state index in [2.05, 4.69) is 37.9 Å². The second kappa shape index (κ2) is 2.88. The van der Waals surface area contributed by atoms with Gasteiger partial charge in [0.2, 0.25) is 0 Å². The van der Waals surface area contributed by atoms with E-state index in [0.717, 1.165) is 17.9 Å². The van der Waals surface area contributed by atoms with E-state index in [1.165, 1.54) is 13.0 Å². The average molecular weight is 165 g/mol. The zero-order valence-corrected chi connectivity index (χ0v) is 8.33. The molecule has 0 spiro atoms. The first-order valence-corrected chi connectivity index (χ1v) is 5.07. The second-order valence-electron chi connectivity index (χ2n) is 4.72. The largest absolute Gasteiger partial charge is 0.299 e. The summed E-state index contributed by atoms with van der Waals surface area (Å²) in [5, 5.41) is 0. The number of likely N-dealkylation sites (tertiary alicyclic amines) is 1. The molecule has 0 radical (unpaired) electrons. The first-order chi connectivity index (χ1) is 5.68. The van der Waals surface area contributed by atoms with Crippen LogP contribution in [0.2, 0.25) is 0 Å². The summed E-state index contributed by atoms with van der Waals surface area (Å²) < 4.78 is 0. The number of rotatable bonds is 2. The maximum Gasteiger partial charge on any atom is 0.0306 e. The Morgan fingerprint density at radius 3 is 2.67 bits per heavy atom. The molecule has 12 heavy (non-hydrogen) atoms. The molecule has 3 unspecified atom stereocenters. The van der Waals surface area contributed by atoms with Gasteiger partial charge in [-0.1, -0.05) is 26.0 Å². The van der Waals surface area contributed by atoms with Gasteiger partial charge in [-0.25, -0.2) is 0 Å². The highest BCUT2D eigenvalue weighted by atomic mass is 15.2. The van der Waals surface area contributed by atoms with Crippen molar-refractivity contribution in [3.05, 3.63) is 12.2 Å². The van der Waals surface area contributed by atoms with Crippen LogP contribution in [0, 0.1) is 17.8 Å². The first kappa shape index (κ1) is 8.31. The van der Waals surface area contributed by atoms with Crippen molar-refractivity contribution in [2.24, 2.45) is 17.8 Å². The lowest BCUT2D eigenvalue weighted by Gasteiger charge is -2.19. The van der Waals surface area contributed by atoms with Crippen molar-refractivity contribution in [1.82, 2.24) is 4.90 Å². The zero-order valence-electron chi connectivity index (χ0n) is 8.33. The molecule has 0 amide bonds. The third-order valence-corrected chi connectivity index (χ3v) is 3.14. The molecule has 1 heterocycles. The summed E-state index contributed by atoms with van der Waals surface area (Å²) in [6.07, 6.45) is 6.25. The van der Waals surface area contributed by atoms with Crippen LogP contribution in [-0.4, -0.2) is 24.5 Å². The van der Waals surface area contributed by atoms with Gasteiger partial charge in [0.05, 0.1) is 0 Å². The van der Waals surface area contributed by atoms with Crippen molar-refractivity contribution in [1.29, 1.82) is 0 Å². The maximum atomic E-state index is 2.50. The Labute approximate surface area is 75.4 Å². The van der Waals surface area contributed by atoms with Gasteiger partial charge in [0, 0.05) is 12.6 Å². The minimum Gasteiger partial charge on any atom is -0.299 e. The molecule has 1 heteroatoms. The summed E-state index contributed by atoms with van der Waals surface area (Å²) in [5.41, 5.74) is 0. The topological polar surface area (TPSA) is 3.24 Å². The Morgan fingerprint density at radius 2 is 2.17 bits per heavy atom. The van der Waals surface area contributed by atoms with Crippen LogP contribution >= 0.6 is 0 Å². The van der Waals surface area contributed by atoms with Crippen LogP contribution in [-0.2, 0) is 0 Å². The van der Waals surface area contributed by atoms with Crippen LogP contribution in [0.25, 0.3) is 0 Å². The Hall–Kier alpha value is -0.300.